The van der Waals surface area contributed by atoms with Gasteiger partial charge in [-0.3, -0.25) is 4.57 Å². The zero-order valence-electron chi connectivity index (χ0n) is 13.0. The van der Waals surface area contributed by atoms with Gasteiger partial charge in [0.1, 0.15) is 0 Å². The monoisotopic (exact) mass is 316 g/mol. The van der Waals surface area contributed by atoms with E-state index in [0.29, 0.717) is 0 Å². The summed E-state index contributed by atoms with van der Waals surface area (Å²) < 4.78 is 10.6. The summed E-state index contributed by atoms with van der Waals surface area (Å²) in [6, 6.07) is 0. The van der Waals surface area contributed by atoms with E-state index in [-0.39, 0.29) is 17.7 Å². The van der Waals surface area contributed by atoms with Crippen LogP contribution >= 0.6 is 8.03 Å². The summed E-state index contributed by atoms with van der Waals surface area (Å²) in [7, 11) is -2.73. The fourth-order valence-corrected chi connectivity index (χ4v) is 3.68. The van der Waals surface area contributed by atoms with Gasteiger partial charge in [0.25, 0.3) is 0 Å². The van der Waals surface area contributed by atoms with Crippen LogP contribution in [0.1, 0.15) is 64.7 Å². The molecule has 1 unspecified atom stereocenters. The fraction of sp³-hybridized carbons (Fsp3) is 0.812. The molecule has 0 saturated heterocycles. The molecule has 2 fully saturated rings. The number of hydrogen-bond donors (Lipinski definition) is 2. The first-order valence-corrected chi connectivity index (χ1v) is 9.71. The van der Waals surface area contributed by atoms with Crippen molar-refractivity contribution < 1.29 is 19.4 Å². The number of carboxylic acids is 1. The molecule has 5 heteroatoms. The van der Waals surface area contributed by atoms with Gasteiger partial charge in [-0.2, -0.15) is 0 Å². The van der Waals surface area contributed by atoms with E-state index in [1.54, 1.807) is 6.08 Å². The van der Waals surface area contributed by atoms with Gasteiger partial charge in [0.05, 0.1) is 6.16 Å². The number of hydrogen-bond acceptors (Lipinski definition) is 2. The Morgan fingerprint density at radius 3 is 2.00 bits per heavy atom. The molecule has 2 rings (SSSR count). The normalized spacial score (nSPS) is 22.5. The summed E-state index contributed by atoms with van der Waals surface area (Å²) in [6.07, 6.45) is 12.9. The van der Waals surface area contributed by atoms with Crippen LogP contribution in [0.3, 0.4) is 0 Å². The van der Waals surface area contributed by atoms with Crippen LogP contribution < -0.4 is 0 Å². The highest BCUT2D eigenvalue weighted by atomic mass is 31.1. The van der Waals surface area contributed by atoms with Gasteiger partial charge in [0.2, 0.25) is 0 Å². The molecule has 0 spiro atoms. The van der Waals surface area contributed by atoms with Gasteiger partial charge < -0.3 is 10.00 Å². The van der Waals surface area contributed by atoms with Gasteiger partial charge in [0, 0.05) is 5.57 Å². The van der Waals surface area contributed by atoms with E-state index in [0.717, 1.165) is 31.6 Å². The van der Waals surface area contributed by atoms with Gasteiger partial charge >= 0.3 is 5.97 Å². The molecule has 0 aliphatic heterocycles. The van der Waals surface area contributed by atoms with Crippen LogP contribution in [0, 0.1) is 11.8 Å². The number of allylic oxidation sites excluding steroid dienone is 1. The molecular formula is C16H29O4P. The van der Waals surface area contributed by atoms with Crippen molar-refractivity contribution in [2.75, 3.05) is 6.16 Å². The third kappa shape index (κ3) is 8.43. The summed E-state index contributed by atoms with van der Waals surface area (Å²) in [5.41, 5.74) is 0.105. The lowest BCUT2D eigenvalue weighted by Gasteiger charge is -2.18. The quantitative estimate of drug-likeness (QED) is 0.601. The second-order valence-corrected chi connectivity index (χ2v) is 7.50. The predicted molar refractivity (Wildman–Crippen MR) is 86.0 cm³/mol. The maximum atomic E-state index is 10.8. The maximum absolute atomic E-state index is 10.8. The van der Waals surface area contributed by atoms with Gasteiger partial charge in [-0.1, -0.05) is 57.9 Å². The summed E-state index contributed by atoms with van der Waals surface area (Å²) in [6.45, 7) is 2.34. The standard InChI is InChI=1S/C10H17O4P.C6H12/c11-10(12)9(7-15(13)14)6-8-4-2-1-3-5-8;1-6-4-2-3-5-6/h6,8,15H,1-5,7H2,(H,11,12)(H,13,14);6H,2-5H2,1H3. The summed E-state index contributed by atoms with van der Waals surface area (Å²) >= 11 is 0. The van der Waals surface area contributed by atoms with Crippen LogP contribution in [0.5, 0.6) is 0 Å². The molecule has 2 aliphatic carbocycles. The lowest BCUT2D eigenvalue weighted by atomic mass is 9.88. The summed E-state index contributed by atoms with van der Waals surface area (Å²) in [5.74, 6) is 0.268. The van der Waals surface area contributed by atoms with Gasteiger partial charge in [0.15, 0.2) is 8.03 Å². The topological polar surface area (TPSA) is 74.6 Å². The summed E-state index contributed by atoms with van der Waals surface area (Å²) in [5, 5.41) is 8.85. The molecule has 4 nitrogen and oxygen atoms in total. The van der Waals surface area contributed by atoms with Gasteiger partial charge in [-0.15, -0.1) is 0 Å². The average molecular weight is 316 g/mol. The minimum atomic E-state index is -2.73. The third-order valence-corrected chi connectivity index (χ3v) is 5.03. The number of aliphatic carboxylic acids is 1. The highest BCUT2D eigenvalue weighted by Gasteiger charge is 2.16. The van der Waals surface area contributed by atoms with Crippen molar-refractivity contribution in [3.8, 4) is 0 Å². The van der Waals surface area contributed by atoms with Crippen LogP contribution in [-0.4, -0.2) is 22.1 Å². The van der Waals surface area contributed by atoms with Crippen LogP contribution in [0.15, 0.2) is 11.6 Å². The van der Waals surface area contributed by atoms with Crippen molar-refractivity contribution in [1.29, 1.82) is 0 Å². The summed E-state index contributed by atoms with van der Waals surface area (Å²) in [4.78, 5) is 19.5. The Bertz CT molecular complexity index is 366. The van der Waals surface area contributed by atoms with Crippen molar-refractivity contribution in [1.82, 2.24) is 0 Å². The average Bonchev–Trinajstić information content (AvgIpc) is 2.90. The van der Waals surface area contributed by atoms with Crippen molar-refractivity contribution in [3.05, 3.63) is 11.6 Å². The number of rotatable bonds is 4. The molecule has 0 aromatic rings. The van der Waals surface area contributed by atoms with E-state index in [2.05, 4.69) is 6.92 Å². The van der Waals surface area contributed by atoms with Crippen molar-refractivity contribution >= 4 is 14.0 Å². The molecule has 2 aliphatic rings. The smallest absolute Gasteiger partial charge is 0.331 e. The zero-order valence-corrected chi connectivity index (χ0v) is 14.0. The second-order valence-electron chi connectivity index (χ2n) is 6.36. The highest BCUT2D eigenvalue weighted by Crippen LogP contribution is 2.27. The van der Waals surface area contributed by atoms with Crippen molar-refractivity contribution in [3.63, 3.8) is 0 Å². The lowest BCUT2D eigenvalue weighted by Crippen LogP contribution is -2.09. The Morgan fingerprint density at radius 2 is 1.62 bits per heavy atom. The van der Waals surface area contributed by atoms with E-state index >= 15 is 0 Å². The fourth-order valence-electron chi connectivity index (χ4n) is 3.08. The van der Waals surface area contributed by atoms with Crippen LogP contribution in [0.4, 0.5) is 0 Å². The predicted octanol–water partition coefficient (Wildman–Crippen LogP) is 4.24. The number of carboxylic acid groups (broad SMARTS) is 1. The van der Waals surface area contributed by atoms with Crippen LogP contribution in [-0.2, 0) is 9.36 Å². The molecule has 0 aromatic heterocycles. The van der Waals surface area contributed by atoms with E-state index in [4.69, 9.17) is 10.00 Å². The van der Waals surface area contributed by atoms with Crippen molar-refractivity contribution in [2.45, 2.75) is 64.7 Å². The molecule has 0 bridgehead atoms. The molecule has 0 amide bonds. The van der Waals surface area contributed by atoms with E-state index in [1.807, 2.05) is 0 Å². The molecule has 122 valence electrons. The zero-order chi connectivity index (χ0) is 15.7. The Balaban J connectivity index is 0.000000304. The third-order valence-electron chi connectivity index (χ3n) is 4.35. The van der Waals surface area contributed by atoms with Gasteiger partial charge in [-0.05, 0) is 24.7 Å². The Kier molecular flexibility index (Phi) is 8.94. The molecule has 2 saturated carbocycles. The minimum absolute atomic E-state index is 0.105. The van der Waals surface area contributed by atoms with Gasteiger partial charge in [-0.25, -0.2) is 4.79 Å². The molecule has 1 atom stereocenters. The Morgan fingerprint density at radius 1 is 1.10 bits per heavy atom. The first-order valence-electron chi connectivity index (χ1n) is 8.14. The van der Waals surface area contributed by atoms with Crippen molar-refractivity contribution in [2.24, 2.45) is 11.8 Å². The SMILES string of the molecule is CC1CCCC1.O=C(O)C(=CC1CCCCC1)C[PH](=O)O. The Labute approximate surface area is 128 Å². The van der Waals surface area contributed by atoms with Crippen LogP contribution in [0.2, 0.25) is 0 Å². The highest BCUT2D eigenvalue weighted by molar-refractivity contribution is 7.38. The molecule has 0 radical (unpaired) electrons. The molecule has 0 aromatic carbocycles. The Hall–Kier alpha value is -0.600. The lowest BCUT2D eigenvalue weighted by molar-refractivity contribution is -0.132. The van der Waals surface area contributed by atoms with E-state index in [9.17, 15) is 9.36 Å². The first-order chi connectivity index (χ1) is 9.99. The minimum Gasteiger partial charge on any atom is -0.478 e. The largest absolute Gasteiger partial charge is 0.478 e. The van der Waals surface area contributed by atoms with E-state index < -0.39 is 14.0 Å². The van der Waals surface area contributed by atoms with Crippen LogP contribution in [0.25, 0.3) is 0 Å². The number of carbonyl (C=O) groups is 1. The molecular weight excluding hydrogens is 287 g/mol. The first kappa shape index (κ1) is 18.4. The maximum Gasteiger partial charge on any atom is 0.331 e. The second kappa shape index (κ2) is 10.2. The van der Waals surface area contributed by atoms with E-state index in [1.165, 1.54) is 32.1 Å². The molecule has 21 heavy (non-hydrogen) atoms. The molecule has 0 heterocycles. The molecule has 2 N–H and O–H groups in total.